The average Bonchev–Trinajstić information content (AvgIpc) is 3.21. The van der Waals surface area contributed by atoms with Gasteiger partial charge in [0.2, 0.25) is 0 Å². The molecule has 0 radical (unpaired) electrons. The molecule has 4 heterocycles. The van der Waals surface area contributed by atoms with Gasteiger partial charge in [0.05, 0.1) is 23.7 Å². The van der Waals surface area contributed by atoms with Crippen molar-refractivity contribution in [3.05, 3.63) is 70.1 Å². The lowest BCUT2D eigenvalue weighted by molar-refractivity contribution is 0.00465. The highest BCUT2D eigenvalue weighted by Crippen LogP contribution is 2.39. The van der Waals surface area contributed by atoms with E-state index in [1.807, 2.05) is 39.4 Å². The topological polar surface area (TPSA) is 65.7 Å². The van der Waals surface area contributed by atoms with E-state index < -0.39 is 5.82 Å². The van der Waals surface area contributed by atoms with Crippen LogP contribution in [0.15, 0.2) is 36.7 Å². The summed E-state index contributed by atoms with van der Waals surface area (Å²) >= 11 is 6.00. The highest BCUT2D eigenvalue weighted by Gasteiger charge is 2.28. The maximum atomic E-state index is 14.9. The second-order valence-electron chi connectivity index (χ2n) is 8.31. The Bertz CT molecular complexity index is 1320. The van der Waals surface area contributed by atoms with Crippen LogP contribution in [-0.2, 0) is 11.8 Å². The Labute approximate surface area is 190 Å². The van der Waals surface area contributed by atoms with Crippen molar-refractivity contribution in [3.63, 3.8) is 0 Å². The van der Waals surface area contributed by atoms with E-state index in [0.29, 0.717) is 33.9 Å². The molecule has 0 unspecified atom stereocenters. The predicted octanol–water partition coefficient (Wildman–Crippen LogP) is 5.47. The molecule has 3 aromatic heterocycles. The van der Waals surface area contributed by atoms with Crippen LogP contribution in [0.5, 0.6) is 0 Å². The molecule has 32 heavy (non-hydrogen) atoms. The molecule has 0 spiro atoms. The standard InChI is InChI=1S/C24H23ClFN5O/c1-13-14(2)29-24-23(28-13)19(18-5-4-17(25)9-20(18)26)10-21(30-24)15-6-7-32-22(8-15)16-11-27-31(3)12-16/h4-5,9-12,15,22H,6-8H2,1-3H3/t15-,22+/m1/s1. The Balaban J connectivity index is 1.62. The van der Waals surface area contributed by atoms with Gasteiger partial charge in [0.25, 0.3) is 0 Å². The Morgan fingerprint density at radius 2 is 1.91 bits per heavy atom. The smallest absolute Gasteiger partial charge is 0.179 e. The van der Waals surface area contributed by atoms with Crippen molar-refractivity contribution in [3.8, 4) is 11.1 Å². The van der Waals surface area contributed by atoms with E-state index in [9.17, 15) is 4.39 Å². The lowest BCUT2D eigenvalue weighted by atomic mass is 9.88. The number of aryl methyl sites for hydroxylation is 3. The van der Waals surface area contributed by atoms with Crippen LogP contribution in [0.2, 0.25) is 5.02 Å². The van der Waals surface area contributed by atoms with Gasteiger partial charge in [0.15, 0.2) is 5.65 Å². The third kappa shape index (κ3) is 3.87. The number of hydrogen-bond acceptors (Lipinski definition) is 5. The van der Waals surface area contributed by atoms with Gasteiger partial charge in [-0.05, 0) is 51.0 Å². The summed E-state index contributed by atoms with van der Waals surface area (Å²) in [5.41, 5.74) is 5.77. The van der Waals surface area contributed by atoms with Gasteiger partial charge in [-0.3, -0.25) is 4.68 Å². The van der Waals surface area contributed by atoms with Crippen LogP contribution < -0.4 is 0 Å². The van der Waals surface area contributed by atoms with E-state index >= 15 is 0 Å². The normalized spacial score (nSPS) is 18.9. The van der Waals surface area contributed by atoms with Crippen LogP contribution in [0.1, 0.15) is 47.5 Å². The zero-order valence-corrected chi connectivity index (χ0v) is 18.9. The molecule has 164 valence electrons. The first-order chi connectivity index (χ1) is 15.4. The summed E-state index contributed by atoms with van der Waals surface area (Å²) in [6.45, 7) is 4.42. The number of pyridine rings is 1. The summed E-state index contributed by atoms with van der Waals surface area (Å²) < 4.78 is 22.7. The third-order valence-electron chi connectivity index (χ3n) is 6.09. The molecule has 1 aliphatic rings. The van der Waals surface area contributed by atoms with E-state index in [-0.39, 0.29) is 12.0 Å². The van der Waals surface area contributed by atoms with Gasteiger partial charge in [-0.2, -0.15) is 5.10 Å². The van der Waals surface area contributed by atoms with E-state index in [4.69, 9.17) is 26.3 Å². The third-order valence-corrected chi connectivity index (χ3v) is 6.33. The second kappa shape index (κ2) is 8.22. The van der Waals surface area contributed by atoms with E-state index in [1.54, 1.807) is 16.8 Å². The fourth-order valence-corrected chi connectivity index (χ4v) is 4.41. The van der Waals surface area contributed by atoms with Crippen LogP contribution in [-0.4, -0.2) is 31.3 Å². The van der Waals surface area contributed by atoms with Crippen molar-refractivity contribution >= 4 is 22.8 Å². The fourth-order valence-electron chi connectivity index (χ4n) is 4.25. The van der Waals surface area contributed by atoms with Crippen molar-refractivity contribution in [1.29, 1.82) is 0 Å². The number of benzene rings is 1. The highest BCUT2D eigenvalue weighted by molar-refractivity contribution is 6.30. The van der Waals surface area contributed by atoms with Crippen LogP contribution in [0.3, 0.4) is 0 Å². The average molecular weight is 452 g/mol. The van der Waals surface area contributed by atoms with E-state index in [1.165, 1.54) is 6.07 Å². The van der Waals surface area contributed by atoms with Crippen LogP contribution >= 0.6 is 11.6 Å². The Morgan fingerprint density at radius 1 is 1.09 bits per heavy atom. The van der Waals surface area contributed by atoms with Crippen molar-refractivity contribution in [2.75, 3.05) is 6.61 Å². The van der Waals surface area contributed by atoms with Crippen LogP contribution in [0, 0.1) is 19.7 Å². The van der Waals surface area contributed by atoms with Crippen LogP contribution in [0.4, 0.5) is 4.39 Å². The minimum Gasteiger partial charge on any atom is -0.373 e. The maximum Gasteiger partial charge on any atom is 0.179 e. The van der Waals surface area contributed by atoms with Crippen molar-refractivity contribution < 1.29 is 9.13 Å². The number of fused-ring (bicyclic) bond motifs is 1. The second-order valence-corrected chi connectivity index (χ2v) is 8.75. The first-order valence-corrected chi connectivity index (χ1v) is 11.0. The van der Waals surface area contributed by atoms with Crippen molar-refractivity contribution in [2.24, 2.45) is 7.05 Å². The van der Waals surface area contributed by atoms with Gasteiger partial charge < -0.3 is 4.74 Å². The molecule has 2 atom stereocenters. The number of aromatic nitrogens is 5. The summed E-state index contributed by atoms with van der Waals surface area (Å²) in [4.78, 5) is 14.3. The molecule has 6 nitrogen and oxygen atoms in total. The zero-order chi connectivity index (χ0) is 22.4. The zero-order valence-electron chi connectivity index (χ0n) is 18.1. The molecule has 0 amide bonds. The number of rotatable bonds is 3. The molecule has 1 fully saturated rings. The first kappa shape index (κ1) is 21.0. The Kier molecular flexibility index (Phi) is 5.39. The molecular weight excluding hydrogens is 429 g/mol. The van der Waals surface area contributed by atoms with E-state index in [2.05, 4.69) is 10.1 Å². The molecule has 1 aromatic carbocycles. The number of nitrogens with zero attached hydrogens (tertiary/aromatic N) is 5. The molecule has 0 N–H and O–H groups in total. The minimum atomic E-state index is -0.392. The van der Waals surface area contributed by atoms with E-state index in [0.717, 1.165) is 35.5 Å². The Morgan fingerprint density at radius 3 is 2.66 bits per heavy atom. The molecule has 1 aliphatic heterocycles. The minimum absolute atomic E-state index is 0.0542. The van der Waals surface area contributed by atoms with Crippen LogP contribution in [0.25, 0.3) is 22.3 Å². The molecule has 4 aromatic rings. The monoisotopic (exact) mass is 451 g/mol. The number of halogens is 2. The quantitative estimate of drug-likeness (QED) is 0.413. The van der Waals surface area contributed by atoms with Gasteiger partial charge >= 0.3 is 0 Å². The largest absolute Gasteiger partial charge is 0.373 e. The summed E-state index contributed by atoms with van der Waals surface area (Å²) in [5.74, 6) is -0.243. The highest BCUT2D eigenvalue weighted by atomic mass is 35.5. The SMILES string of the molecule is Cc1nc2nc([C@@H]3CCO[C@H](c4cnn(C)c4)C3)cc(-c3ccc(Cl)cc3F)c2nc1C. The molecular formula is C24H23ClFN5O. The van der Waals surface area contributed by atoms with Gasteiger partial charge in [0, 0.05) is 53.2 Å². The summed E-state index contributed by atoms with van der Waals surface area (Å²) in [6.07, 6.45) is 5.36. The number of hydrogen-bond donors (Lipinski definition) is 0. The molecule has 0 aliphatic carbocycles. The molecule has 1 saturated heterocycles. The van der Waals surface area contributed by atoms with Gasteiger partial charge in [-0.1, -0.05) is 11.6 Å². The molecule has 0 bridgehead atoms. The van der Waals surface area contributed by atoms with Gasteiger partial charge in [-0.15, -0.1) is 0 Å². The fraction of sp³-hybridized carbons (Fsp3) is 0.333. The van der Waals surface area contributed by atoms with Gasteiger partial charge in [-0.25, -0.2) is 19.3 Å². The van der Waals surface area contributed by atoms with Gasteiger partial charge in [0.1, 0.15) is 11.3 Å². The summed E-state index contributed by atoms with van der Waals surface area (Å²) in [7, 11) is 1.89. The maximum absolute atomic E-state index is 14.9. The first-order valence-electron chi connectivity index (χ1n) is 10.6. The summed E-state index contributed by atoms with van der Waals surface area (Å²) in [6, 6.07) is 6.65. The van der Waals surface area contributed by atoms with Crippen molar-refractivity contribution in [1.82, 2.24) is 24.7 Å². The molecule has 8 heteroatoms. The predicted molar refractivity (Wildman–Crippen MR) is 121 cm³/mol. The Hall–Kier alpha value is -2.90. The van der Waals surface area contributed by atoms with Crippen molar-refractivity contribution in [2.45, 2.75) is 38.7 Å². The summed E-state index contributed by atoms with van der Waals surface area (Å²) in [5, 5.41) is 4.62. The molecule has 0 saturated carbocycles. The number of ether oxygens (including phenoxy) is 1. The lowest BCUT2D eigenvalue weighted by Gasteiger charge is -2.29. The molecule has 5 rings (SSSR count). The lowest BCUT2D eigenvalue weighted by Crippen LogP contribution is -2.19.